The molecule has 27 heavy (non-hydrogen) atoms. The summed E-state index contributed by atoms with van der Waals surface area (Å²) in [6.07, 6.45) is 0. The van der Waals surface area contributed by atoms with E-state index in [0.29, 0.717) is 5.89 Å². The molecule has 3 rings (SSSR count). The predicted molar refractivity (Wildman–Crippen MR) is 98.2 cm³/mol. The molecule has 0 saturated heterocycles. The fourth-order valence-electron chi connectivity index (χ4n) is 2.23. The molecular formula is C18H18N4O4S. The maximum absolute atomic E-state index is 12.2. The van der Waals surface area contributed by atoms with Crippen LogP contribution < -0.4 is 10.0 Å². The maximum Gasteiger partial charge on any atom is 0.329 e. The van der Waals surface area contributed by atoms with Crippen LogP contribution in [0.4, 0.5) is 4.79 Å². The van der Waals surface area contributed by atoms with Crippen LogP contribution in [0.25, 0.3) is 11.5 Å². The molecule has 0 fully saturated rings. The van der Waals surface area contributed by atoms with E-state index < -0.39 is 16.1 Å². The van der Waals surface area contributed by atoms with Crippen LogP contribution in [0.2, 0.25) is 0 Å². The summed E-state index contributed by atoms with van der Waals surface area (Å²) >= 11 is 0. The van der Waals surface area contributed by atoms with Crippen molar-refractivity contribution in [2.45, 2.75) is 25.3 Å². The smallest absolute Gasteiger partial charge is 0.329 e. The molecule has 1 aromatic heterocycles. The van der Waals surface area contributed by atoms with Gasteiger partial charge in [0.2, 0.25) is 11.8 Å². The molecule has 0 aliphatic heterocycles. The number of benzene rings is 2. The summed E-state index contributed by atoms with van der Waals surface area (Å²) in [5.41, 5.74) is 2.77. The maximum atomic E-state index is 12.2. The minimum Gasteiger partial charge on any atom is -0.419 e. The van der Waals surface area contributed by atoms with Crippen molar-refractivity contribution >= 4 is 16.1 Å². The van der Waals surface area contributed by atoms with Crippen LogP contribution in [-0.4, -0.2) is 24.6 Å². The minimum atomic E-state index is -3.95. The number of carbonyl (C=O) groups excluding carboxylic acids is 1. The summed E-state index contributed by atoms with van der Waals surface area (Å²) in [6, 6.07) is 12.8. The van der Waals surface area contributed by atoms with E-state index in [0.717, 1.165) is 16.7 Å². The van der Waals surface area contributed by atoms with Crippen molar-refractivity contribution in [2.24, 2.45) is 0 Å². The number of hydrogen-bond donors (Lipinski definition) is 2. The molecule has 2 aromatic carbocycles. The number of amides is 2. The summed E-state index contributed by atoms with van der Waals surface area (Å²) in [6.45, 7) is 3.70. The summed E-state index contributed by atoms with van der Waals surface area (Å²) in [5.74, 6) is 0.480. The molecule has 0 radical (unpaired) electrons. The lowest BCUT2D eigenvalue weighted by Crippen LogP contribution is -2.39. The van der Waals surface area contributed by atoms with Crippen molar-refractivity contribution in [1.29, 1.82) is 0 Å². The van der Waals surface area contributed by atoms with Gasteiger partial charge in [0, 0.05) is 5.56 Å². The second-order valence-electron chi connectivity index (χ2n) is 5.97. The molecule has 0 spiro atoms. The Morgan fingerprint density at radius 3 is 2.19 bits per heavy atom. The molecule has 0 atom stereocenters. The summed E-state index contributed by atoms with van der Waals surface area (Å²) in [7, 11) is -3.95. The first-order chi connectivity index (χ1) is 12.8. The number of aryl methyl sites for hydroxylation is 2. The zero-order valence-corrected chi connectivity index (χ0v) is 15.6. The van der Waals surface area contributed by atoms with Crippen LogP contribution in [0.5, 0.6) is 0 Å². The van der Waals surface area contributed by atoms with E-state index in [1.165, 1.54) is 12.1 Å². The molecular weight excluding hydrogens is 368 g/mol. The van der Waals surface area contributed by atoms with Crippen molar-refractivity contribution in [3.63, 3.8) is 0 Å². The van der Waals surface area contributed by atoms with Crippen LogP contribution >= 0.6 is 0 Å². The summed E-state index contributed by atoms with van der Waals surface area (Å²) in [4.78, 5) is 11.9. The second kappa shape index (κ2) is 7.58. The van der Waals surface area contributed by atoms with E-state index in [4.69, 9.17) is 4.42 Å². The first-order valence-corrected chi connectivity index (χ1v) is 9.58. The van der Waals surface area contributed by atoms with Gasteiger partial charge in [0.05, 0.1) is 11.4 Å². The third-order valence-corrected chi connectivity index (χ3v) is 5.07. The van der Waals surface area contributed by atoms with Gasteiger partial charge in [-0.05, 0) is 38.1 Å². The molecule has 0 unspecified atom stereocenters. The van der Waals surface area contributed by atoms with Gasteiger partial charge in [-0.25, -0.2) is 17.9 Å². The van der Waals surface area contributed by atoms with Gasteiger partial charge >= 0.3 is 6.03 Å². The Morgan fingerprint density at radius 2 is 1.56 bits per heavy atom. The van der Waals surface area contributed by atoms with Gasteiger partial charge in [-0.3, -0.25) is 0 Å². The number of nitrogens with zero attached hydrogens (tertiary/aromatic N) is 2. The average molecular weight is 386 g/mol. The van der Waals surface area contributed by atoms with E-state index in [-0.39, 0.29) is 17.3 Å². The van der Waals surface area contributed by atoms with Gasteiger partial charge in [0.1, 0.15) is 0 Å². The zero-order chi connectivity index (χ0) is 19.4. The molecule has 0 bridgehead atoms. The highest BCUT2D eigenvalue weighted by Gasteiger charge is 2.18. The van der Waals surface area contributed by atoms with E-state index in [1.54, 1.807) is 12.1 Å². The molecule has 9 heteroatoms. The standard InChI is InChI=1S/C18H18N4O4S/c1-12-3-7-14(8-4-12)17-21-20-16(26-17)11-19-18(23)22-27(24,25)15-9-5-13(2)6-10-15/h3-10H,11H2,1-2H3,(H2,19,22,23). The van der Waals surface area contributed by atoms with Gasteiger partial charge in [0.25, 0.3) is 10.0 Å². The van der Waals surface area contributed by atoms with Crippen LogP contribution in [-0.2, 0) is 16.6 Å². The molecule has 2 N–H and O–H groups in total. The van der Waals surface area contributed by atoms with Gasteiger partial charge in [-0.1, -0.05) is 35.4 Å². The van der Waals surface area contributed by atoms with E-state index in [1.807, 2.05) is 42.8 Å². The number of aromatic nitrogens is 2. The molecule has 0 aliphatic carbocycles. The molecule has 0 saturated carbocycles. The molecule has 8 nitrogen and oxygen atoms in total. The number of urea groups is 1. The Kier molecular flexibility index (Phi) is 5.22. The van der Waals surface area contributed by atoms with Crippen molar-refractivity contribution in [2.75, 3.05) is 0 Å². The lowest BCUT2D eigenvalue weighted by Gasteiger charge is -2.07. The van der Waals surface area contributed by atoms with Gasteiger partial charge in [-0.2, -0.15) is 0 Å². The van der Waals surface area contributed by atoms with Crippen molar-refractivity contribution in [3.05, 3.63) is 65.5 Å². The average Bonchev–Trinajstić information content (AvgIpc) is 3.10. The monoisotopic (exact) mass is 386 g/mol. The molecule has 0 aliphatic rings. The van der Waals surface area contributed by atoms with Gasteiger partial charge < -0.3 is 9.73 Å². The Hall–Kier alpha value is -3.20. The molecule has 1 heterocycles. The lowest BCUT2D eigenvalue weighted by atomic mass is 10.1. The summed E-state index contributed by atoms with van der Waals surface area (Å²) < 4.78 is 31.7. The lowest BCUT2D eigenvalue weighted by molar-refractivity contribution is 0.244. The Balaban J connectivity index is 1.59. The van der Waals surface area contributed by atoms with E-state index in [2.05, 4.69) is 15.5 Å². The number of sulfonamides is 1. The minimum absolute atomic E-state index is 0.00250. The zero-order valence-electron chi connectivity index (χ0n) is 14.8. The number of nitrogens with one attached hydrogen (secondary N) is 2. The highest BCUT2D eigenvalue weighted by Crippen LogP contribution is 2.18. The SMILES string of the molecule is Cc1ccc(-c2nnc(CNC(=O)NS(=O)(=O)c3ccc(C)cc3)o2)cc1. The van der Waals surface area contributed by atoms with Gasteiger partial charge in [-0.15, -0.1) is 10.2 Å². The third kappa shape index (κ3) is 4.70. The predicted octanol–water partition coefficient (Wildman–Crippen LogP) is 2.54. The number of hydrogen-bond acceptors (Lipinski definition) is 6. The number of rotatable bonds is 5. The Labute approximate surface area is 156 Å². The van der Waals surface area contributed by atoms with Crippen molar-refractivity contribution in [3.8, 4) is 11.5 Å². The van der Waals surface area contributed by atoms with Crippen molar-refractivity contribution in [1.82, 2.24) is 20.2 Å². The van der Waals surface area contributed by atoms with Crippen LogP contribution in [0.15, 0.2) is 57.8 Å². The fraction of sp³-hybridized carbons (Fsp3) is 0.167. The Morgan fingerprint density at radius 1 is 0.963 bits per heavy atom. The molecule has 140 valence electrons. The highest BCUT2D eigenvalue weighted by atomic mass is 32.2. The number of carbonyl (C=O) groups is 1. The summed E-state index contributed by atoms with van der Waals surface area (Å²) in [5, 5.41) is 10.1. The topological polar surface area (TPSA) is 114 Å². The first kappa shape index (κ1) is 18.6. The van der Waals surface area contributed by atoms with Crippen LogP contribution in [0.1, 0.15) is 17.0 Å². The van der Waals surface area contributed by atoms with E-state index in [9.17, 15) is 13.2 Å². The normalized spacial score (nSPS) is 11.2. The van der Waals surface area contributed by atoms with Gasteiger partial charge in [0.15, 0.2) is 0 Å². The van der Waals surface area contributed by atoms with Crippen LogP contribution in [0, 0.1) is 13.8 Å². The van der Waals surface area contributed by atoms with Crippen LogP contribution in [0.3, 0.4) is 0 Å². The quantitative estimate of drug-likeness (QED) is 0.696. The fourth-order valence-corrected chi connectivity index (χ4v) is 3.16. The second-order valence-corrected chi connectivity index (χ2v) is 7.65. The molecule has 2 amide bonds. The third-order valence-electron chi connectivity index (χ3n) is 3.72. The van der Waals surface area contributed by atoms with E-state index >= 15 is 0 Å². The first-order valence-electron chi connectivity index (χ1n) is 8.10. The highest BCUT2D eigenvalue weighted by molar-refractivity contribution is 7.90. The Bertz CT molecular complexity index is 1040. The largest absolute Gasteiger partial charge is 0.419 e. The molecule has 3 aromatic rings. The van der Waals surface area contributed by atoms with Crippen molar-refractivity contribution < 1.29 is 17.6 Å².